The molecule has 2 aliphatic rings. The average Bonchev–Trinajstić information content (AvgIpc) is 3.11. The molecule has 0 radical (unpaired) electrons. The molecule has 0 unspecified atom stereocenters. The molecular formula is C25H26F3NO4. The van der Waals surface area contributed by atoms with Gasteiger partial charge in [-0.1, -0.05) is 12.1 Å². The van der Waals surface area contributed by atoms with Crippen molar-refractivity contribution < 1.29 is 32.5 Å². The second kappa shape index (κ2) is 8.74. The molecule has 2 aromatic rings. The molecule has 8 heteroatoms. The summed E-state index contributed by atoms with van der Waals surface area (Å²) < 4.78 is 52.8. The highest BCUT2D eigenvalue weighted by atomic mass is 19.3. The number of carboxylic acids is 1. The van der Waals surface area contributed by atoms with Crippen molar-refractivity contribution in [2.24, 2.45) is 5.41 Å². The number of rotatable bonds is 7. The van der Waals surface area contributed by atoms with Crippen molar-refractivity contribution in [1.29, 1.82) is 0 Å². The van der Waals surface area contributed by atoms with Crippen LogP contribution in [0, 0.1) is 11.2 Å². The first kappa shape index (κ1) is 23.2. The van der Waals surface area contributed by atoms with Gasteiger partial charge in [0, 0.05) is 25.1 Å². The lowest BCUT2D eigenvalue weighted by Gasteiger charge is -2.28. The highest BCUT2D eigenvalue weighted by Crippen LogP contribution is 2.40. The number of aliphatic carboxylic acids is 1. The second-order valence-electron chi connectivity index (χ2n) is 9.23. The molecule has 0 bridgehead atoms. The summed E-state index contributed by atoms with van der Waals surface area (Å²) in [7, 11) is 0. The van der Waals surface area contributed by atoms with Gasteiger partial charge in [0.05, 0.1) is 12.0 Å². The van der Waals surface area contributed by atoms with E-state index in [2.05, 4.69) is 0 Å². The Balaban J connectivity index is 1.70. The Morgan fingerprint density at radius 3 is 2.58 bits per heavy atom. The molecule has 2 aromatic carbocycles. The van der Waals surface area contributed by atoms with Crippen LogP contribution >= 0.6 is 0 Å². The molecule has 5 nitrogen and oxygen atoms in total. The molecule has 1 fully saturated rings. The zero-order valence-corrected chi connectivity index (χ0v) is 18.5. The Kier molecular flexibility index (Phi) is 6.14. The SMILES string of the molecule is CC(C)(COc1ccc2c(c1)C(c1ccc(F)cc1)=C(CN1CCC(F)(F)C1)CO2)C(=O)O. The smallest absolute Gasteiger partial charge is 0.312 e. The van der Waals surface area contributed by atoms with Crippen molar-refractivity contribution in [3.8, 4) is 11.5 Å². The first-order valence-electron chi connectivity index (χ1n) is 10.8. The minimum Gasteiger partial charge on any atom is -0.492 e. The van der Waals surface area contributed by atoms with Crippen LogP contribution < -0.4 is 9.47 Å². The summed E-state index contributed by atoms with van der Waals surface area (Å²) in [5, 5.41) is 9.34. The van der Waals surface area contributed by atoms with E-state index in [-0.39, 0.29) is 38.5 Å². The van der Waals surface area contributed by atoms with Crippen LogP contribution in [0.2, 0.25) is 0 Å². The van der Waals surface area contributed by atoms with Gasteiger partial charge in [0.1, 0.15) is 30.5 Å². The van der Waals surface area contributed by atoms with Gasteiger partial charge in [-0.05, 0) is 60.9 Å². The summed E-state index contributed by atoms with van der Waals surface area (Å²) in [6, 6.07) is 11.2. The van der Waals surface area contributed by atoms with Gasteiger partial charge in [-0.2, -0.15) is 0 Å². The van der Waals surface area contributed by atoms with E-state index < -0.39 is 17.3 Å². The maximum absolute atomic E-state index is 13.8. The van der Waals surface area contributed by atoms with Crippen LogP contribution in [0.3, 0.4) is 0 Å². The van der Waals surface area contributed by atoms with Crippen LogP contribution in [0.15, 0.2) is 48.0 Å². The van der Waals surface area contributed by atoms with Gasteiger partial charge in [0.25, 0.3) is 5.92 Å². The number of nitrogens with zero attached hydrogens (tertiary/aromatic N) is 1. The molecule has 4 rings (SSSR count). The summed E-state index contributed by atoms with van der Waals surface area (Å²) in [4.78, 5) is 13.1. The Morgan fingerprint density at radius 2 is 1.94 bits per heavy atom. The number of carboxylic acid groups (broad SMARTS) is 1. The van der Waals surface area contributed by atoms with Crippen LogP contribution in [0.1, 0.15) is 31.4 Å². The number of hydrogen-bond acceptors (Lipinski definition) is 4. The molecule has 2 aliphatic heterocycles. The Bertz CT molecular complexity index is 1080. The lowest BCUT2D eigenvalue weighted by Crippen LogP contribution is -2.31. The van der Waals surface area contributed by atoms with Crippen LogP contribution in [-0.2, 0) is 4.79 Å². The zero-order valence-electron chi connectivity index (χ0n) is 18.5. The predicted octanol–water partition coefficient (Wildman–Crippen LogP) is 4.85. The number of carbonyl (C=O) groups is 1. The van der Waals surface area contributed by atoms with E-state index in [0.29, 0.717) is 23.6 Å². The van der Waals surface area contributed by atoms with E-state index in [1.165, 1.54) is 12.1 Å². The standard InChI is InChI=1S/C25H26F3NO4/c1-24(2,23(30)31)15-33-19-7-8-21-20(11-19)22(16-3-5-18(26)6-4-16)17(13-32-21)12-29-10-9-25(27,28)14-29/h3-8,11H,9-10,12-15H2,1-2H3,(H,30,31). The van der Waals surface area contributed by atoms with Crippen LogP contribution in [-0.4, -0.2) is 54.7 Å². The number of likely N-dealkylation sites (tertiary alicyclic amines) is 1. The second-order valence-corrected chi connectivity index (χ2v) is 9.23. The maximum atomic E-state index is 13.8. The zero-order chi connectivity index (χ0) is 23.8. The highest BCUT2D eigenvalue weighted by Gasteiger charge is 2.39. The number of benzene rings is 2. The lowest BCUT2D eigenvalue weighted by molar-refractivity contribution is -0.148. The van der Waals surface area contributed by atoms with Crippen LogP contribution in [0.5, 0.6) is 11.5 Å². The van der Waals surface area contributed by atoms with E-state index in [1.54, 1.807) is 49.1 Å². The molecule has 0 aromatic heterocycles. The van der Waals surface area contributed by atoms with E-state index in [4.69, 9.17) is 9.47 Å². The van der Waals surface area contributed by atoms with E-state index in [9.17, 15) is 23.1 Å². The van der Waals surface area contributed by atoms with Crippen molar-refractivity contribution in [2.45, 2.75) is 26.2 Å². The first-order chi connectivity index (χ1) is 15.5. The van der Waals surface area contributed by atoms with Crippen LogP contribution in [0.4, 0.5) is 13.2 Å². The maximum Gasteiger partial charge on any atom is 0.312 e. The number of ether oxygens (including phenoxy) is 2. The predicted molar refractivity (Wildman–Crippen MR) is 117 cm³/mol. The van der Waals surface area contributed by atoms with E-state index >= 15 is 0 Å². The molecule has 33 heavy (non-hydrogen) atoms. The largest absolute Gasteiger partial charge is 0.492 e. The molecule has 0 amide bonds. The third kappa shape index (κ3) is 5.16. The molecule has 1 saturated heterocycles. The average molecular weight is 461 g/mol. The third-order valence-corrected chi connectivity index (χ3v) is 5.95. The van der Waals surface area contributed by atoms with Gasteiger partial charge < -0.3 is 14.6 Å². The van der Waals surface area contributed by atoms with Crippen molar-refractivity contribution in [1.82, 2.24) is 4.90 Å². The number of hydrogen-bond donors (Lipinski definition) is 1. The van der Waals surface area contributed by atoms with Gasteiger partial charge in [-0.25, -0.2) is 13.2 Å². The molecule has 1 N–H and O–H groups in total. The number of alkyl halides is 2. The fourth-order valence-electron chi connectivity index (χ4n) is 3.99. The fourth-order valence-corrected chi connectivity index (χ4v) is 3.99. The first-order valence-corrected chi connectivity index (χ1v) is 10.8. The van der Waals surface area contributed by atoms with Gasteiger partial charge in [-0.15, -0.1) is 0 Å². The summed E-state index contributed by atoms with van der Waals surface area (Å²) in [6.07, 6.45) is -0.180. The highest BCUT2D eigenvalue weighted by molar-refractivity contribution is 5.87. The van der Waals surface area contributed by atoms with Crippen molar-refractivity contribution in [3.05, 3.63) is 65.0 Å². The fraction of sp³-hybridized carbons (Fsp3) is 0.400. The van der Waals surface area contributed by atoms with Gasteiger partial charge in [-0.3, -0.25) is 9.69 Å². The minimum atomic E-state index is -2.71. The Hall–Kier alpha value is -3.00. The Morgan fingerprint density at radius 1 is 1.21 bits per heavy atom. The lowest BCUT2D eigenvalue weighted by atomic mass is 9.90. The van der Waals surface area contributed by atoms with Crippen molar-refractivity contribution in [3.63, 3.8) is 0 Å². The summed E-state index contributed by atoms with van der Waals surface area (Å²) in [6.45, 7) is 3.62. The monoisotopic (exact) mass is 461 g/mol. The molecule has 0 spiro atoms. The van der Waals surface area contributed by atoms with E-state index in [0.717, 1.165) is 16.7 Å². The Labute approximate surface area is 190 Å². The normalized spacial score (nSPS) is 18.1. The molecule has 0 saturated carbocycles. The van der Waals surface area contributed by atoms with Crippen LogP contribution in [0.25, 0.3) is 5.57 Å². The van der Waals surface area contributed by atoms with E-state index in [1.807, 2.05) is 0 Å². The topological polar surface area (TPSA) is 59.0 Å². The summed E-state index contributed by atoms with van der Waals surface area (Å²) >= 11 is 0. The summed E-state index contributed by atoms with van der Waals surface area (Å²) in [5.41, 5.74) is 1.96. The molecule has 2 heterocycles. The quantitative estimate of drug-likeness (QED) is 0.639. The van der Waals surface area contributed by atoms with Gasteiger partial charge >= 0.3 is 5.97 Å². The minimum absolute atomic E-state index is 0.0344. The van der Waals surface area contributed by atoms with Gasteiger partial charge in [0.15, 0.2) is 0 Å². The molecule has 0 atom stereocenters. The third-order valence-electron chi connectivity index (χ3n) is 5.95. The van der Waals surface area contributed by atoms with Crippen molar-refractivity contribution >= 4 is 11.5 Å². The number of fused-ring (bicyclic) bond motifs is 1. The molecule has 0 aliphatic carbocycles. The molecule has 176 valence electrons. The molecular weight excluding hydrogens is 435 g/mol. The number of halogens is 3. The van der Waals surface area contributed by atoms with Gasteiger partial charge in [0.2, 0.25) is 0 Å². The van der Waals surface area contributed by atoms with Crippen molar-refractivity contribution in [2.75, 3.05) is 32.8 Å². The summed E-state index contributed by atoms with van der Waals surface area (Å²) in [5.74, 6) is -3.00.